The van der Waals surface area contributed by atoms with Crippen molar-refractivity contribution in [3.63, 3.8) is 0 Å². The minimum atomic E-state index is 0.712. The van der Waals surface area contributed by atoms with E-state index in [9.17, 15) is 0 Å². The van der Waals surface area contributed by atoms with Crippen LogP contribution in [0.25, 0.3) is 0 Å². The molecule has 0 aromatic carbocycles. The molecular weight excluding hydrogens is 246 g/mol. The molecule has 72 valence electrons. The van der Waals surface area contributed by atoms with Crippen LogP contribution in [0.2, 0.25) is 0 Å². The van der Waals surface area contributed by atoms with E-state index >= 15 is 0 Å². The number of thiophene rings is 1. The summed E-state index contributed by atoms with van der Waals surface area (Å²) in [5.41, 5.74) is 0. The summed E-state index contributed by atoms with van der Waals surface area (Å²) in [7, 11) is 0. The van der Waals surface area contributed by atoms with Crippen molar-refractivity contribution >= 4 is 27.3 Å². The lowest BCUT2D eigenvalue weighted by Crippen LogP contribution is -2.35. The van der Waals surface area contributed by atoms with Gasteiger partial charge in [0.1, 0.15) is 0 Å². The molecule has 0 radical (unpaired) electrons. The molecule has 0 aliphatic carbocycles. The van der Waals surface area contributed by atoms with Crippen LogP contribution in [0.4, 0.5) is 0 Å². The summed E-state index contributed by atoms with van der Waals surface area (Å²) in [6.45, 7) is 1.20. The van der Waals surface area contributed by atoms with Crippen LogP contribution in [-0.2, 0) is 6.42 Å². The van der Waals surface area contributed by atoms with E-state index < -0.39 is 0 Å². The monoisotopic (exact) mass is 259 g/mol. The third-order valence-corrected chi connectivity index (χ3v) is 4.48. The highest BCUT2D eigenvalue weighted by molar-refractivity contribution is 9.10. The third kappa shape index (κ3) is 2.55. The molecule has 3 heteroatoms. The van der Waals surface area contributed by atoms with Gasteiger partial charge in [-0.25, -0.2) is 0 Å². The molecule has 1 atom stereocenters. The number of hydrogen-bond donors (Lipinski definition) is 1. The van der Waals surface area contributed by atoms with Crippen molar-refractivity contribution in [1.29, 1.82) is 0 Å². The van der Waals surface area contributed by atoms with Crippen molar-refractivity contribution in [3.8, 4) is 0 Å². The highest BCUT2D eigenvalue weighted by atomic mass is 79.9. The molecule has 0 saturated carbocycles. The lowest BCUT2D eigenvalue weighted by Gasteiger charge is -2.22. The number of hydrogen-bond acceptors (Lipinski definition) is 2. The van der Waals surface area contributed by atoms with E-state index in [4.69, 9.17) is 0 Å². The lowest BCUT2D eigenvalue weighted by molar-refractivity contribution is 0.400. The smallest absolute Gasteiger partial charge is 0.0314 e. The zero-order chi connectivity index (χ0) is 9.10. The molecule has 1 aliphatic rings. The summed E-state index contributed by atoms with van der Waals surface area (Å²) in [5.74, 6) is 0. The van der Waals surface area contributed by atoms with Gasteiger partial charge in [-0.3, -0.25) is 0 Å². The Hall–Kier alpha value is 0.140. The molecule has 0 spiro atoms. The fourth-order valence-corrected chi connectivity index (χ4v) is 3.39. The van der Waals surface area contributed by atoms with Gasteiger partial charge in [0.15, 0.2) is 0 Å². The molecule has 0 amide bonds. The average Bonchev–Trinajstić information content (AvgIpc) is 2.54. The van der Waals surface area contributed by atoms with Crippen LogP contribution in [0.15, 0.2) is 15.9 Å². The highest BCUT2D eigenvalue weighted by Gasteiger charge is 2.14. The van der Waals surface area contributed by atoms with Gasteiger partial charge in [0.05, 0.1) is 0 Å². The predicted octanol–water partition coefficient (Wildman–Crippen LogP) is 3.20. The summed E-state index contributed by atoms with van der Waals surface area (Å²) < 4.78 is 1.28. The Morgan fingerprint density at radius 3 is 3.08 bits per heavy atom. The molecule has 1 nitrogen and oxygen atoms in total. The van der Waals surface area contributed by atoms with Crippen LogP contribution in [0.5, 0.6) is 0 Å². The SMILES string of the molecule is Brc1ccsc1CC1CCCCN1. The molecular formula is C10H14BrNS. The van der Waals surface area contributed by atoms with Gasteiger partial charge in [-0.2, -0.15) is 0 Å². The van der Waals surface area contributed by atoms with Crippen molar-refractivity contribution in [2.75, 3.05) is 6.54 Å². The van der Waals surface area contributed by atoms with Gasteiger partial charge in [-0.15, -0.1) is 11.3 Å². The van der Waals surface area contributed by atoms with Crippen molar-refractivity contribution in [1.82, 2.24) is 5.32 Å². The fraction of sp³-hybridized carbons (Fsp3) is 0.600. The van der Waals surface area contributed by atoms with Crippen LogP contribution in [-0.4, -0.2) is 12.6 Å². The Morgan fingerprint density at radius 2 is 2.46 bits per heavy atom. The van der Waals surface area contributed by atoms with Crippen molar-refractivity contribution < 1.29 is 0 Å². The standard InChI is InChI=1S/C10H14BrNS/c11-9-4-6-13-10(9)7-8-3-1-2-5-12-8/h4,6,8,12H,1-3,5,7H2. The molecule has 1 N–H and O–H groups in total. The van der Waals surface area contributed by atoms with Crippen LogP contribution in [0, 0.1) is 0 Å². The van der Waals surface area contributed by atoms with E-state index in [1.54, 1.807) is 0 Å². The van der Waals surface area contributed by atoms with Gasteiger partial charge >= 0.3 is 0 Å². The molecule has 2 rings (SSSR count). The van der Waals surface area contributed by atoms with Gasteiger partial charge in [0.25, 0.3) is 0 Å². The van der Waals surface area contributed by atoms with Gasteiger partial charge in [0.2, 0.25) is 0 Å². The second-order valence-corrected chi connectivity index (χ2v) is 5.40. The molecule has 13 heavy (non-hydrogen) atoms. The predicted molar refractivity (Wildman–Crippen MR) is 61.4 cm³/mol. The highest BCUT2D eigenvalue weighted by Crippen LogP contribution is 2.25. The van der Waals surface area contributed by atoms with Crippen LogP contribution in [0.3, 0.4) is 0 Å². The van der Waals surface area contributed by atoms with E-state index in [-0.39, 0.29) is 0 Å². The number of rotatable bonds is 2. The fourth-order valence-electron chi connectivity index (χ4n) is 1.79. The number of halogens is 1. The first kappa shape index (κ1) is 9.69. The quantitative estimate of drug-likeness (QED) is 0.861. The maximum atomic E-state index is 3.58. The zero-order valence-electron chi connectivity index (χ0n) is 7.55. The van der Waals surface area contributed by atoms with Gasteiger partial charge < -0.3 is 5.32 Å². The van der Waals surface area contributed by atoms with Crippen molar-refractivity contribution in [2.24, 2.45) is 0 Å². The molecule has 1 fully saturated rings. The van der Waals surface area contributed by atoms with E-state index in [2.05, 4.69) is 32.7 Å². The van der Waals surface area contributed by atoms with Gasteiger partial charge in [0, 0.05) is 15.4 Å². The molecule has 0 bridgehead atoms. The van der Waals surface area contributed by atoms with E-state index in [1.807, 2.05) is 11.3 Å². The number of piperidine rings is 1. The van der Waals surface area contributed by atoms with Crippen LogP contribution < -0.4 is 5.32 Å². The summed E-state index contributed by atoms with van der Waals surface area (Å²) in [4.78, 5) is 1.49. The zero-order valence-corrected chi connectivity index (χ0v) is 9.96. The second kappa shape index (κ2) is 4.58. The Labute approximate surface area is 91.7 Å². The molecule has 1 aromatic heterocycles. The van der Waals surface area contributed by atoms with Crippen LogP contribution in [0.1, 0.15) is 24.1 Å². The molecule has 1 aliphatic heterocycles. The molecule has 1 aromatic rings. The summed E-state index contributed by atoms with van der Waals surface area (Å²) in [5, 5.41) is 5.73. The first-order chi connectivity index (χ1) is 6.36. The summed E-state index contributed by atoms with van der Waals surface area (Å²) in [6, 6.07) is 2.85. The van der Waals surface area contributed by atoms with Gasteiger partial charge in [-0.1, -0.05) is 6.42 Å². The van der Waals surface area contributed by atoms with E-state index in [0.29, 0.717) is 6.04 Å². The maximum Gasteiger partial charge on any atom is 0.0314 e. The lowest BCUT2D eigenvalue weighted by atomic mass is 10.0. The minimum Gasteiger partial charge on any atom is -0.314 e. The maximum absolute atomic E-state index is 3.58. The number of nitrogens with one attached hydrogen (secondary N) is 1. The van der Waals surface area contributed by atoms with Crippen molar-refractivity contribution in [2.45, 2.75) is 31.7 Å². The normalized spacial score (nSPS) is 23.3. The average molecular weight is 260 g/mol. The first-order valence-corrected chi connectivity index (χ1v) is 6.49. The third-order valence-electron chi connectivity index (χ3n) is 2.54. The van der Waals surface area contributed by atoms with Crippen LogP contribution >= 0.6 is 27.3 Å². The Balaban J connectivity index is 1.93. The molecule has 2 heterocycles. The Kier molecular flexibility index (Phi) is 3.41. The summed E-state index contributed by atoms with van der Waals surface area (Å²) >= 11 is 5.43. The molecule has 1 saturated heterocycles. The molecule has 1 unspecified atom stereocenters. The van der Waals surface area contributed by atoms with E-state index in [0.717, 1.165) is 0 Å². The Morgan fingerprint density at radius 1 is 1.54 bits per heavy atom. The second-order valence-electron chi connectivity index (χ2n) is 3.54. The topological polar surface area (TPSA) is 12.0 Å². The van der Waals surface area contributed by atoms with Crippen molar-refractivity contribution in [3.05, 3.63) is 20.8 Å². The summed E-state index contributed by atoms with van der Waals surface area (Å²) in [6.07, 6.45) is 5.27. The van der Waals surface area contributed by atoms with Gasteiger partial charge in [-0.05, 0) is 53.2 Å². The minimum absolute atomic E-state index is 0.712. The largest absolute Gasteiger partial charge is 0.314 e. The first-order valence-electron chi connectivity index (χ1n) is 4.81. The van der Waals surface area contributed by atoms with E-state index in [1.165, 1.54) is 41.6 Å². The Bertz CT molecular complexity index is 266.